The highest BCUT2D eigenvalue weighted by Gasteiger charge is 2.35. The highest BCUT2D eigenvalue weighted by molar-refractivity contribution is 5.88. The second-order valence-electron chi connectivity index (χ2n) is 6.30. The SMILES string of the molecule is CC(C)C(C)NC(=O)C=C1CC2CCC(C1)N2C. The number of nitrogens with one attached hydrogen (secondary N) is 1. The molecule has 2 aliphatic heterocycles. The molecule has 3 unspecified atom stereocenters. The number of hydrogen-bond donors (Lipinski definition) is 1. The molecule has 2 bridgehead atoms. The first kappa shape index (κ1) is 13.6. The summed E-state index contributed by atoms with van der Waals surface area (Å²) in [6.07, 6.45) is 6.61. The number of carbonyl (C=O) groups is 1. The Balaban J connectivity index is 1.92. The zero-order valence-corrected chi connectivity index (χ0v) is 12.1. The lowest BCUT2D eigenvalue weighted by molar-refractivity contribution is -0.117. The van der Waals surface area contributed by atoms with Crippen LogP contribution in [0.2, 0.25) is 0 Å². The van der Waals surface area contributed by atoms with Gasteiger partial charge in [0.2, 0.25) is 5.91 Å². The van der Waals surface area contributed by atoms with Crippen molar-refractivity contribution in [2.45, 2.75) is 64.6 Å². The van der Waals surface area contributed by atoms with Crippen molar-refractivity contribution in [3.8, 4) is 0 Å². The van der Waals surface area contributed by atoms with E-state index in [-0.39, 0.29) is 11.9 Å². The average Bonchev–Trinajstić information content (AvgIpc) is 2.51. The zero-order valence-electron chi connectivity index (χ0n) is 12.1. The molecule has 18 heavy (non-hydrogen) atoms. The Morgan fingerprint density at radius 3 is 2.33 bits per heavy atom. The highest BCUT2D eigenvalue weighted by Crippen LogP contribution is 2.36. The van der Waals surface area contributed by atoms with E-state index >= 15 is 0 Å². The fourth-order valence-corrected chi connectivity index (χ4v) is 3.01. The third-order valence-corrected chi connectivity index (χ3v) is 4.69. The van der Waals surface area contributed by atoms with Crippen LogP contribution in [0.1, 0.15) is 46.5 Å². The van der Waals surface area contributed by atoms with Crippen molar-refractivity contribution >= 4 is 5.91 Å². The van der Waals surface area contributed by atoms with Gasteiger partial charge in [0.25, 0.3) is 0 Å². The van der Waals surface area contributed by atoms with Crippen LogP contribution in [0, 0.1) is 5.92 Å². The zero-order chi connectivity index (χ0) is 13.3. The van der Waals surface area contributed by atoms with E-state index in [1.165, 1.54) is 18.4 Å². The first-order chi connectivity index (χ1) is 8.47. The van der Waals surface area contributed by atoms with E-state index in [1.807, 2.05) is 6.08 Å². The topological polar surface area (TPSA) is 32.3 Å². The van der Waals surface area contributed by atoms with E-state index in [0.29, 0.717) is 18.0 Å². The van der Waals surface area contributed by atoms with E-state index < -0.39 is 0 Å². The Hall–Kier alpha value is -0.830. The minimum atomic E-state index is 0.0927. The van der Waals surface area contributed by atoms with Crippen molar-refractivity contribution in [2.75, 3.05) is 7.05 Å². The quantitative estimate of drug-likeness (QED) is 0.780. The normalized spacial score (nSPS) is 29.5. The van der Waals surface area contributed by atoms with E-state index in [9.17, 15) is 4.79 Å². The molecule has 0 saturated carbocycles. The largest absolute Gasteiger partial charge is 0.350 e. The maximum Gasteiger partial charge on any atom is 0.244 e. The minimum absolute atomic E-state index is 0.0927. The standard InChI is InChI=1S/C15H26N2O/c1-10(2)11(3)16-15(18)9-12-7-13-5-6-14(8-12)17(13)4/h9-11,13-14H,5-8H2,1-4H3,(H,16,18). The Bertz CT molecular complexity index is 332. The van der Waals surface area contributed by atoms with Gasteiger partial charge >= 0.3 is 0 Å². The Morgan fingerprint density at radius 1 is 1.28 bits per heavy atom. The van der Waals surface area contributed by atoms with Crippen LogP contribution in [-0.4, -0.2) is 36.0 Å². The van der Waals surface area contributed by atoms with E-state index in [1.54, 1.807) is 0 Å². The third-order valence-electron chi connectivity index (χ3n) is 4.69. The predicted octanol–water partition coefficient (Wildman–Crippen LogP) is 2.33. The van der Waals surface area contributed by atoms with Crippen LogP contribution in [0.3, 0.4) is 0 Å². The Morgan fingerprint density at radius 2 is 1.83 bits per heavy atom. The number of nitrogens with zero attached hydrogens (tertiary/aromatic N) is 1. The molecular weight excluding hydrogens is 224 g/mol. The van der Waals surface area contributed by atoms with Crippen LogP contribution in [0.5, 0.6) is 0 Å². The molecule has 0 aromatic carbocycles. The van der Waals surface area contributed by atoms with Crippen molar-refractivity contribution in [3.05, 3.63) is 11.6 Å². The van der Waals surface area contributed by atoms with Crippen molar-refractivity contribution in [2.24, 2.45) is 5.92 Å². The van der Waals surface area contributed by atoms with Crippen molar-refractivity contribution in [3.63, 3.8) is 0 Å². The van der Waals surface area contributed by atoms with Crippen molar-refractivity contribution in [1.82, 2.24) is 10.2 Å². The molecule has 102 valence electrons. The summed E-state index contributed by atoms with van der Waals surface area (Å²) in [5.74, 6) is 0.580. The monoisotopic (exact) mass is 250 g/mol. The summed E-state index contributed by atoms with van der Waals surface area (Å²) in [6, 6.07) is 1.59. The van der Waals surface area contributed by atoms with Gasteiger partial charge < -0.3 is 5.32 Å². The van der Waals surface area contributed by atoms with Crippen LogP contribution in [0.25, 0.3) is 0 Å². The summed E-state index contributed by atoms with van der Waals surface area (Å²) in [5, 5.41) is 3.06. The molecular formula is C15H26N2O. The molecule has 2 fully saturated rings. The number of piperidine rings is 1. The number of carbonyl (C=O) groups excluding carboxylic acids is 1. The molecule has 1 N–H and O–H groups in total. The molecule has 0 radical (unpaired) electrons. The predicted molar refractivity (Wildman–Crippen MR) is 74.3 cm³/mol. The molecule has 0 aromatic rings. The highest BCUT2D eigenvalue weighted by atomic mass is 16.1. The minimum Gasteiger partial charge on any atom is -0.350 e. The number of amides is 1. The van der Waals surface area contributed by atoms with Crippen LogP contribution in [0.15, 0.2) is 11.6 Å². The van der Waals surface area contributed by atoms with Gasteiger partial charge in [0, 0.05) is 24.2 Å². The van der Waals surface area contributed by atoms with Crippen LogP contribution in [-0.2, 0) is 4.79 Å². The molecule has 2 aliphatic rings. The lowest BCUT2D eigenvalue weighted by Gasteiger charge is -2.32. The van der Waals surface area contributed by atoms with Crippen molar-refractivity contribution < 1.29 is 4.79 Å². The van der Waals surface area contributed by atoms with Crippen molar-refractivity contribution in [1.29, 1.82) is 0 Å². The summed E-state index contributed by atoms with van der Waals surface area (Å²) in [6.45, 7) is 6.33. The lowest BCUT2D eigenvalue weighted by Crippen LogP contribution is -2.38. The summed E-state index contributed by atoms with van der Waals surface area (Å²) in [5.41, 5.74) is 1.34. The number of fused-ring (bicyclic) bond motifs is 2. The molecule has 0 aliphatic carbocycles. The third kappa shape index (κ3) is 2.94. The van der Waals surface area contributed by atoms with Gasteiger partial charge in [-0.25, -0.2) is 0 Å². The molecule has 0 spiro atoms. The fourth-order valence-electron chi connectivity index (χ4n) is 3.01. The van der Waals surface area contributed by atoms with Crippen LogP contribution < -0.4 is 5.32 Å². The second-order valence-corrected chi connectivity index (χ2v) is 6.30. The van der Waals surface area contributed by atoms with Gasteiger partial charge in [-0.05, 0) is 45.6 Å². The molecule has 3 atom stereocenters. The summed E-state index contributed by atoms with van der Waals surface area (Å²) < 4.78 is 0. The molecule has 3 nitrogen and oxygen atoms in total. The lowest BCUT2D eigenvalue weighted by atomic mass is 9.96. The second kappa shape index (κ2) is 5.43. The van der Waals surface area contributed by atoms with Gasteiger partial charge in [-0.3, -0.25) is 9.69 Å². The summed E-state index contributed by atoms with van der Waals surface area (Å²) >= 11 is 0. The van der Waals surface area contributed by atoms with Gasteiger partial charge in [-0.2, -0.15) is 0 Å². The number of hydrogen-bond acceptors (Lipinski definition) is 2. The molecule has 3 heteroatoms. The van der Waals surface area contributed by atoms with Gasteiger partial charge in [0.15, 0.2) is 0 Å². The maximum atomic E-state index is 11.9. The van der Waals surface area contributed by atoms with Gasteiger partial charge in [0.05, 0.1) is 0 Å². The Labute approximate surface area is 111 Å². The molecule has 2 heterocycles. The fraction of sp³-hybridized carbons (Fsp3) is 0.800. The maximum absolute atomic E-state index is 11.9. The van der Waals surface area contributed by atoms with Gasteiger partial charge in [-0.15, -0.1) is 0 Å². The molecule has 2 saturated heterocycles. The molecule has 1 amide bonds. The van der Waals surface area contributed by atoms with Gasteiger partial charge in [-0.1, -0.05) is 19.4 Å². The summed E-state index contributed by atoms with van der Waals surface area (Å²) in [4.78, 5) is 14.4. The van der Waals surface area contributed by atoms with E-state index in [2.05, 4.69) is 38.0 Å². The first-order valence-corrected chi connectivity index (χ1v) is 7.19. The van der Waals surface area contributed by atoms with E-state index in [4.69, 9.17) is 0 Å². The molecule has 0 aromatic heterocycles. The van der Waals surface area contributed by atoms with Crippen LogP contribution in [0.4, 0.5) is 0 Å². The van der Waals surface area contributed by atoms with Crippen LogP contribution >= 0.6 is 0 Å². The smallest absolute Gasteiger partial charge is 0.244 e. The average molecular weight is 250 g/mol. The summed E-state index contributed by atoms with van der Waals surface area (Å²) in [7, 11) is 2.22. The molecule has 2 rings (SSSR count). The van der Waals surface area contributed by atoms with Gasteiger partial charge in [0.1, 0.15) is 0 Å². The van der Waals surface area contributed by atoms with E-state index in [0.717, 1.165) is 12.8 Å². The Kier molecular flexibility index (Phi) is 4.10. The first-order valence-electron chi connectivity index (χ1n) is 7.19. The number of rotatable bonds is 3.